The molecule has 5 heteroatoms. The highest BCUT2D eigenvalue weighted by atomic mass is 79.9. The van der Waals surface area contributed by atoms with Crippen molar-refractivity contribution in [2.75, 3.05) is 7.11 Å². The molecule has 0 unspecified atom stereocenters. The van der Waals surface area contributed by atoms with Crippen molar-refractivity contribution in [1.29, 1.82) is 0 Å². The number of rotatable bonds is 3. The normalized spacial score (nSPS) is 10.4. The molecule has 94 valence electrons. The Morgan fingerprint density at radius 3 is 2.78 bits per heavy atom. The molecular formula is C13H11BrFNO2. The van der Waals surface area contributed by atoms with Gasteiger partial charge in [-0.2, -0.15) is 0 Å². The van der Waals surface area contributed by atoms with Crippen LogP contribution in [0.2, 0.25) is 0 Å². The fourth-order valence-corrected chi connectivity index (χ4v) is 2.04. The third-order valence-electron chi connectivity index (χ3n) is 2.59. The molecule has 0 spiro atoms. The molecule has 1 N–H and O–H groups in total. The zero-order chi connectivity index (χ0) is 13.1. The first kappa shape index (κ1) is 13.0. The van der Waals surface area contributed by atoms with Crippen LogP contribution in [0, 0.1) is 5.82 Å². The van der Waals surface area contributed by atoms with Crippen molar-refractivity contribution in [3.8, 4) is 16.9 Å². The van der Waals surface area contributed by atoms with Crippen LogP contribution in [-0.2, 0) is 6.61 Å². The van der Waals surface area contributed by atoms with Crippen LogP contribution in [0.4, 0.5) is 4.39 Å². The number of ether oxygens (including phenoxy) is 1. The van der Waals surface area contributed by atoms with Gasteiger partial charge >= 0.3 is 0 Å². The van der Waals surface area contributed by atoms with E-state index in [2.05, 4.69) is 20.9 Å². The summed E-state index contributed by atoms with van der Waals surface area (Å²) in [6.07, 6.45) is 1.14. The Labute approximate surface area is 112 Å². The largest absolute Gasteiger partial charge is 0.497 e. The Bertz CT molecular complexity index is 575. The van der Waals surface area contributed by atoms with E-state index < -0.39 is 5.82 Å². The van der Waals surface area contributed by atoms with E-state index in [1.807, 2.05) is 0 Å². The van der Waals surface area contributed by atoms with Crippen LogP contribution in [0.1, 0.15) is 5.56 Å². The Hall–Kier alpha value is -1.46. The maximum absolute atomic E-state index is 13.8. The van der Waals surface area contributed by atoms with Crippen LogP contribution < -0.4 is 4.74 Å². The fraction of sp³-hybridized carbons (Fsp3) is 0.154. The Morgan fingerprint density at radius 1 is 1.33 bits per heavy atom. The number of pyridine rings is 1. The van der Waals surface area contributed by atoms with Gasteiger partial charge in [0.2, 0.25) is 0 Å². The number of aromatic nitrogens is 1. The Balaban J connectivity index is 2.59. The van der Waals surface area contributed by atoms with E-state index in [0.717, 1.165) is 6.20 Å². The van der Waals surface area contributed by atoms with E-state index in [-0.39, 0.29) is 6.61 Å². The molecule has 1 heterocycles. The summed E-state index contributed by atoms with van der Waals surface area (Å²) >= 11 is 3.20. The number of methoxy groups -OCH3 is 1. The molecule has 0 atom stereocenters. The lowest BCUT2D eigenvalue weighted by Crippen LogP contribution is -1.95. The van der Waals surface area contributed by atoms with Crippen LogP contribution in [0.25, 0.3) is 11.1 Å². The van der Waals surface area contributed by atoms with Gasteiger partial charge in [0, 0.05) is 5.56 Å². The molecule has 0 saturated heterocycles. The van der Waals surface area contributed by atoms with Gasteiger partial charge in [-0.25, -0.2) is 9.37 Å². The topological polar surface area (TPSA) is 42.4 Å². The summed E-state index contributed by atoms with van der Waals surface area (Å²) in [6.45, 7) is -0.189. The van der Waals surface area contributed by atoms with E-state index in [9.17, 15) is 9.50 Å². The number of benzene rings is 1. The van der Waals surface area contributed by atoms with Crippen molar-refractivity contribution in [3.05, 3.63) is 46.4 Å². The second kappa shape index (κ2) is 5.46. The summed E-state index contributed by atoms with van der Waals surface area (Å²) in [5.41, 5.74) is 1.62. The number of nitrogens with zero attached hydrogens (tertiary/aromatic N) is 1. The molecule has 1 aromatic heterocycles. The summed E-state index contributed by atoms with van der Waals surface area (Å²) in [7, 11) is 1.54. The molecule has 0 aliphatic heterocycles. The van der Waals surface area contributed by atoms with Gasteiger partial charge in [0.05, 0.1) is 19.9 Å². The van der Waals surface area contributed by atoms with Crippen molar-refractivity contribution >= 4 is 15.9 Å². The molecule has 0 amide bonds. The van der Waals surface area contributed by atoms with Gasteiger partial charge in [-0.3, -0.25) is 0 Å². The Morgan fingerprint density at radius 2 is 2.11 bits per heavy atom. The minimum absolute atomic E-state index is 0.189. The monoisotopic (exact) mass is 311 g/mol. The molecule has 0 aliphatic rings. The van der Waals surface area contributed by atoms with Crippen molar-refractivity contribution < 1.29 is 14.2 Å². The quantitative estimate of drug-likeness (QED) is 0.885. The second-order valence-electron chi connectivity index (χ2n) is 3.67. The maximum atomic E-state index is 13.8. The van der Waals surface area contributed by atoms with Gasteiger partial charge in [0.1, 0.15) is 16.2 Å². The smallest absolute Gasteiger partial charge is 0.149 e. The van der Waals surface area contributed by atoms with Crippen molar-refractivity contribution in [2.24, 2.45) is 0 Å². The maximum Gasteiger partial charge on any atom is 0.149 e. The summed E-state index contributed by atoms with van der Waals surface area (Å²) in [4.78, 5) is 3.81. The highest BCUT2D eigenvalue weighted by Crippen LogP contribution is 2.30. The van der Waals surface area contributed by atoms with Crippen molar-refractivity contribution in [1.82, 2.24) is 4.98 Å². The van der Waals surface area contributed by atoms with Crippen LogP contribution in [0.5, 0.6) is 5.75 Å². The average molecular weight is 312 g/mol. The van der Waals surface area contributed by atoms with E-state index in [1.54, 1.807) is 31.4 Å². The SMILES string of the molecule is COc1ccc(-c2cc(Br)ncc2F)c(CO)c1. The Kier molecular flexibility index (Phi) is 3.93. The molecule has 2 aromatic rings. The number of aliphatic hydroxyl groups is 1. The summed E-state index contributed by atoms with van der Waals surface area (Å²) in [5.74, 6) is 0.189. The molecule has 0 saturated carbocycles. The minimum atomic E-state index is -0.432. The molecule has 0 radical (unpaired) electrons. The van der Waals surface area contributed by atoms with Crippen molar-refractivity contribution in [3.63, 3.8) is 0 Å². The molecule has 0 bridgehead atoms. The lowest BCUT2D eigenvalue weighted by Gasteiger charge is -2.10. The van der Waals surface area contributed by atoms with Crippen molar-refractivity contribution in [2.45, 2.75) is 6.61 Å². The van der Waals surface area contributed by atoms with Gasteiger partial charge in [-0.1, -0.05) is 6.07 Å². The fourth-order valence-electron chi connectivity index (χ4n) is 1.71. The van der Waals surface area contributed by atoms with E-state index >= 15 is 0 Å². The van der Waals surface area contributed by atoms with Crippen LogP contribution in [0.15, 0.2) is 35.1 Å². The van der Waals surface area contributed by atoms with Crippen LogP contribution >= 0.6 is 15.9 Å². The third kappa shape index (κ3) is 2.52. The number of halogens is 2. The van der Waals surface area contributed by atoms with Gasteiger partial charge in [0.15, 0.2) is 0 Å². The summed E-state index contributed by atoms with van der Waals surface area (Å²) in [6, 6.07) is 6.71. The zero-order valence-electron chi connectivity index (χ0n) is 9.65. The number of hydrogen-bond acceptors (Lipinski definition) is 3. The van der Waals surface area contributed by atoms with Gasteiger partial charge in [-0.05, 0) is 45.3 Å². The van der Waals surface area contributed by atoms with Crippen LogP contribution in [-0.4, -0.2) is 17.2 Å². The van der Waals surface area contributed by atoms with Crippen LogP contribution in [0.3, 0.4) is 0 Å². The third-order valence-corrected chi connectivity index (χ3v) is 3.03. The lowest BCUT2D eigenvalue weighted by atomic mass is 10.0. The second-order valence-corrected chi connectivity index (χ2v) is 4.48. The minimum Gasteiger partial charge on any atom is -0.497 e. The van der Waals surface area contributed by atoms with Gasteiger partial charge in [-0.15, -0.1) is 0 Å². The van der Waals surface area contributed by atoms with Gasteiger partial charge in [0.25, 0.3) is 0 Å². The van der Waals surface area contributed by atoms with Gasteiger partial charge < -0.3 is 9.84 Å². The summed E-state index contributed by atoms with van der Waals surface area (Å²) < 4.78 is 19.4. The number of aliphatic hydroxyl groups excluding tert-OH is 1. The molecule has 0 fully saturated rings. The highest BCUT2D eigenvalue weighted by Gasteiger charge is 2.11. The molecule has 2 rings (SSSR count). The predicted molar refractivity (Wildman–Crippen MR) is 69.8 cm³/mol. The van der Waals surface area contributed by atoms with E-state index in [0.29, 0.717) is 27.0 Å². The molecule has 0 aliphatic carbocycles. The zero-order valence-corrected chi connectivity index (χ0v) is 11.2. The predicted octanol–water partition coefficient (Wildman–Crippen LogP) is 3.15. The first-order chi connectivity index (χ1) is 8.65. The first-order valence-electron chi connectivity index (χ1n) is 5.25. The molecule has 3 nitrogen and oxygen atoms in total. The van der Waals surface area contributed by atoms with E-state index in [1.165, 1.54) is 0 Å². The molecular weight excluding hydrogens is 301 g/mol. The van der Waals surface area contributed by atoms with E-state index in [4.69, 9.17) is 4.74 Å². The number of hydrogen-bond donors (Lipinski definition) is 1. The molecule has 18 heavy (non-hydrogen) atoms. The lowest BCUT2D eigenvalue weighted by molar-refractivity contribution is 0.281. The first-order valence-corrected chi connectivity index (χ1v) is 6.04. The summed E-state index contributed by atoms with van der Waals surface area (Å²) in [5, 5.41) is 9.35. The highest BCUT2D eigenvalue weighted by molar-refractivity contribution is 9.10. The standard InChI is InChI=1S/C13H11BrFNO2/c1-18-9-2-3-10(8(4-9)7-17)11-5-13(14)16-6-12(11)15/h2-6,17H,7H2,1H3. The molecule has 1 aromatic carbocycles. The average Bonchev–Trinajstić information content (AvgIpc) is 2.41.